The van der Waals surface area contributed by atoms with E-state index >= 15 is 0 Å². The zero-order valence-corrected chi connectivity index (χ0v) is 13.5. The highest BCUT2D eigenvalue weighted by atomic mass is 32.1. The van der Waals surface area contributed by atoms with Crippen LogP contribution in [-0.4, -0.2) is 20.4 Å². The second kappa shape index (κ2) is 6.58. The second-order valence-electron chi connectivity index (χ2n) is 5.14. The van der Waals surface area contributed by atoms with E-state index < -0.39 is 0 Å². The van der Waals surface area contributed by atoms with Crippen molar-refractivity contribution in [3.8, 4) is 0 Å². The van der Waals surface area contributed by atoms with Crippen molar-refractivity contribution >= 4 is 29.1 Å². The number of aryl methyl sites for hydroxylation is 1. The maximum atomic E-state index is 12.1. The number of hydrogen-bond donors (Lipinski definition) is 1. The molecular weight excluding hydrogens is 308 g/mol. The minimum atomic E-state index is -0.212. The van der Waals surface area contributed by atoms with Crippen LogP contribution in [0, 0.1) is 6.92 Å². The summed E-state index contributed by atoms with van der Waals surface area (Å²) in [5, 5.41) is 3.50. The normalized spacial score (nSPS) is 10.5. The van der Waals surface area contributed by atoms with Crippen molar-refractivity contribution in [2.75, 3.05) is 5.32 Å². The van der Waals surface area contributed by atoms with Gasteiger partial charge in [0, 0.05) is 12.7 Å². The van der Waals surface area contributed by atoms with Gasteiger partial charge in [-0.3, -0.25) is 4.79 Å². The fourth-order valence-electron chi connectivity index (χ4n) is 2.20. The van der Waals surface area contributed by atoms with Gasteiger partial charge in [0.15, 0.2) is 5.82 Å². The number of benzene rings is 1. The smallest absolute Gasteiger partial charge is 0.268 e. The minimum absolute atomic E-state index is 0.212. The lowest BCUT2D eigenvalue weighted by molar-refractivity contribution is 0.103. The summed E-state index contributed by atoms with van der Waals surface area (Å²) in [5.41, 5.74) is 2.41. The van der Waals surface area contributed by atoms with E-state index in [1.807, 2.05) is 16.8 Å². The van der Waals surface area contributed by atoms with E-state index in [0.29, 0.717) is 17.2 Å². The van der Waals surface area contributed by atoms with E-state index in [9.17, 15) is 4.79 Å². The van der Waals surface area contributed by atoms with Gasteiger partial charge in [-0.05, 0) is 18.6 Å². The lowest BCUT2D eigenvalue weighted by Crippen LogP contribution is -2.10. The molecule has 0 saturated heterocycles. The van der Waals surface area contributed by atoms with Gasteiger partial charge in [0.2, 0.25) is 0 Å². The monoisotopic (exact) mass is 324 g/mol. The molecule has 1 aromatic carbocycles. The maximum Gasteiger partial charge on any atom is 0.268 e. The van der Waals surface area contributed by atoms with Gasteiger partial charge >= 0.3 is 0 Å². The minimum Gasteiger partial charge on any atom is -0.331 e. The van der Waals surface area contributed by atoms with Crippen molar-refractivity contribution in [2.45, 2.75) is 13.5 Å². The molecule has 0 aliphatic rings. The van der Waals surface area contributed by atoms with Crippen molar-refractivity contribution in [1.29, 1.82) is 0 Å². The molecule has 116 valence electrons. The van der Waals surface area contributed by atoms with Crippen molar-refractivity contribution in [1.82, 2.24) is 14.5 Å². The zero-order chi connectivity index (χ0) is 16.2. The molecule has 2 aromatic heterocycles. The Morgan fingerprint density at radius 1 is 1.43 bits per heavy atom. The lowest BCUT2D eigenvalue weighted by atomic mass is 10.1. The molecule has 0 aliphatic heterocycles. The third-order valence-electron chi connectivity index (χ3n) is 3.24. The number of carbonyl (C=O) groups excluding carboxylic acids is 1. The van der Waals surface area contributed by atoms with Crippen LogP contribution < -0.4 is 5.32 Å². The Morgan fingerprint density at radius 2 is 2.30 bits per heavy atom. The summed E-state index contributed by atoms with van der Waals surface area (Å²) < 4.78 is 1.94. The molecule has 1 N–H and O–H groups in total. The van der Waals surface area contributed by atoms with Gasteiger partial charge in [0.25, 0.3) is 5.91 Å². The van der Waals surface area contributed by atoms with E-state index in [4.69, 9.17) is 0 Å². The Kier molecular flexibility index (Phi) is 4.34. The number of aromatic nitrogens is 3. The first kappa shape index (κ1) is 15.2. The van der Waals surface area contributed by atoms with Crippen LogP contribution in [0.2, 0.25) is 0 Å². The predicted octanol–water partition coefficient (Wildman–Crippen LogP) is 3.59. The quantitative estimate of drug-likeness (QED) is 0.780. The number of carbonyl (C=O) groups is 1. The topological polar surface area (TPSA) is 59.8 Å². The predicted molar refractivity (Wildman–Crippen MR) is 92.7 cm³/mol. The molecule has 3 aromatic rings. The number of nitrogens with one attached hydrogen (secondary N) is 1. The van der Waals surface area contributed by atoms with Crippen molar-refractivity contribution in [2.24, 2.45) is 0 Å². The summed E-state index contributed by atoms with van der Waals surface area (Å²) in [6, 6.07) is 8.30. The summed E-state index contributed by atoms with van der Waals surface area (Å²) >= 11 is 1.30. The maximum absolute atomic E-state index is 12.1. The zero-order valence-electron chi connectivity index (χ0n) is 12.7. The highest BCUT2D eigenvalue weighted by Gasteiger charge is 2.11. The van der Waals surface area contributed by atoms with Gasteiger partial charge < -0.3 is 9.88 Å². The van der Waals surface area contributed by atoms with E-state index in [-0.39, 0.29) is 5.91 Å². The van der Waals surface area contributed by atoms with Gasteiger partial charge in [-0.25, -0.2) is 9.97 Å². The fraction of sp³-hybridized carbons (Fsp3) is 0.118. The molecule has 23 heavy (non-hydrogen) atoms. The molecular formula is C17H16N4OS. The van der Waals surface area contributed by atoms with Crippen molar-refractivity contribution in [3.63, 3.8) is 0 Å². The van der Waals surface area contributed by atoms with Crippen LogP contribution in [0.5, 0.6) is 0 Å². The molecule has 0 unspecified atom stereocenters. The van der Waals surface area contributed by atoms with Crippen molar-refractivity contribution in [3.05, 3.63) is 70.6 Å². The number of amides is 1. The number of thiazole rings is 1. The Hall–Kier alpha value is -2.73. The van der Waals surface area contributed by atoms with Crippen LogP contribution in [0.4, 0.5) is 5.82 Å². The Bertz CT molecular complexity index is 850. The van der Waals surface area contributed by atoms with Crippen LogP contribution in [0.1, 0.15) is 25.8 Å². The number of nitrogens with zero attached hydrogens (tertiary/aromatic N) is 3. The fourth-order valence-corrected chi connectivity index (χ4v) is 2.86. The Balaban J connectivity index is 1.67. The number of anilines is 1. The molecule has 0 atom stereocenters. The van der Waals surface area contributed by atoms with Gasteiger partial charge in [-0.15, -0.1) is 11.3 Å². The first-order valence-electron chi connectivity index (χ1n) is 7.11. The van der Waals surface area contributed by atoms with Crippen molar-refractivity contribution < 1.29 is 4.79 Å². The van der Waals surface area contributed by atoms with Crippen LogP contribution in [0.3, 0.4) is 0 Å². The first-order chi connectivity index (χ1) is 11.1. The van der Waals surface area contributed by atoms with E-state index in [1.165, 1.54) is 22.5 Å². The van der Waals surface area contributed by atoms with E-state index in [1.54, 1.807) is 18.6 Å². The molecule has 1 amide bonds. The summed E-state index contributed by atoms with van der Waals surface area (Å²) in [6.45, 7) is 6.42. The number of rotatable bonds is 5. The molecule has 6 heteroatoms. The Morgan fingerprint density at radius 3 is 3.04 bits per heavy atom. The Labute approximate surface area is 138 Å². The third kappa shape index (κ3) is 3.73. The summed E-state index contributed by atoms with van der Waals surface area (Å²) in [4.78, 5) is 21.0. The number of hydrogen-bond acceptors (Lipinski definition) is 4. The van der Waals surface area contributed by atoms with Crippen LogP contribution >= 0.6 is 11.3 Å². The van der Waals surface area contributed by atoms with E-state index in [0.717, 1.165) is 5.01 Å². The highest BCUT2D eigenvalue weighted by Crippen LogP contribution is 2.16. The SMILES string of the molecule is C=Cc1ncc(C(=O)Nc2cn(Cc3cccc(C)c3)cn2)s1. The molecule has 5 nitrogen and oxygen atoms in total. The average molecular weight is 324 g/mol. The standard InChI is InChI=1S/C17H16N4OS/c1-3-16-18-8-14(23-16)17(22)20-15-10-21(11-19-15)9-13-6-4-5-12(2)7-13/h3-8,10-11H,1,9H2,2H3,(H,20,22). The van der Waals surface area contributed by atoms with Crippen LogP contribution in [0.15, 0.2) is 49.6 Å². The average Bonchev–Trinajstić information content (AvgIpc) is 3.16. The third-order valence-corrected chi connectivity index (χ3v) is 4.24. The van der Waals surface area contributed by atoms with Crippen LogP contribution in [-0.2, 0) is 6.54 Å². The second-order valence-corrected chi connectivity index (χ2v) is 6.20. The molecule has 0 aliphatic carbocycles. The molecule has 0 fully saturated rings. The lowest BCUT2D eigenvalue weighted by Gasteiger charge is -2.03. The first-order valence-corrected chi connectivity index (χ1v) is 7.92. The summed E-state index contributed by atoms with van der Waals surface area (Å²) in [7, 11) is 0. The molecule has 2 heterocycles. The molecule has 0 spiro atoms. The van der Waals surface area contributed by atoms with Gasteiger partial charge in [0.1, 0.15) is 9.88 Å². The molecule has 0 saturated carbocycles. The highest BCUT2D eigenvalue weighted by molar-refractivity contribution is 7.14. The molecule has 3 rings (SSSR count). The van der Waals surface area contributed by atoms with Crippen LogP contribution in [0.25, 0.3) is 6.08 Å². The molecule has 0 radical (unpaired) electrons. The summed E-state index contributed by atoms with van der Waals surface area (Å²) in [6.07, 6.45) is 6.69. The summed E-state index contributed by atoms with van der Waals surface area (Å²) in [5.74, 6) is 0.313. The largest absolute Gasteiger partial charge is 0.331 e. The van der Waals surface area contributed by atoms with E-state index in [2.05, 4.69) is 47.0 Å². The van der Waals surface area contributed by atoms with Gasteiger partial charge in [0.05, 0.1) is 12.5 Å². The van der Waals surface area contributed by atoms with Gasteiger partial charge in [-0.2, -0.15) is 0 Å². The molecule has 0 bridgehead atoms. The van der Waals surface area contributed by atoms with Gasteiger partial charge in [-0.1, -0.05) is 36.4 Å². The number of imidazole rings is 1.